The number of imide groups is 1. The second kappa shape index (κ2) is 8.22. The van der Waals surface area contributed by atoms with Gasteiger partial charge in [-0.25, -0.2) is 13.2 Å². The molecule has 1 saturated heterocycles. The molecule has 0 radical (unpaired) electrons. The third kappa shape index (κ3) is 5.92. The lowest BCUT2D eigenvalue weighted by Gasteiger charge is -2.30. The molecule has 0 saturated carbocycles. The van der Waals surface area contributed by atoms with Crippen LogP contribution in [0.15, 0.2) is 16.3 Å². The molecule has 2 rings (SSSR count). The highest BCUT2D eigenvalue weighted by Gasteiger charge is 2.32. The van der Waals surface area contributed by atoms with E-state index in [1.54, 1.807) is 6.07 Å². The molecule has 0 aromatic carbocycles. The molecule has 0 aliphatic carbocycles. The van der Waals surface area contributed by atoms with Crippen molar-refractivity contribution in [1.29, 1.82) is 0 Å². The standard InChI is InChI=1S/C15H23ClN4O4S2/c1-15(2,3)18-14(22)17-12(21)10-19-6-8-20(9-7-19)26(23,24)13-5-4-11(16)25-13/h4-5H,6-10H2,1-3H3,(H2,17,18,21,22)/p+1. The summed E-state index contributed by atoms with van der Waals surface area (Å²) in [5.74, 6) is -0.386. The number of nitrogens with one attached hydrogen (secondary N) is 3. The van der Waals surface area contributed by atoms with Crippen LogP contribution in [0.5, 0.6) is 0 Å². The number of hydrogen-bond acceptors (Lipinski definition) is 5. The Kier molecular flexibility index (Phi) is 6.67. The van der Waals surface area contributed by atoms with Gasteiger partial charge < -0.3 is 10.2 Å². The number of halogens is 1. The molecule has 0 bridgehead atoms. The van der Waals surface area contributed by atoms with Crippen LogP contribution in [0.3, 0.4) is 0 Å². The van der Waals surface area contributed by atoms with Gasteiger partial charge >= 0.3 is 6.03 Å². The third-order valence-electron chi connectivity index (χ3n) is 3.72. The Morgan fingerprint density at radius 1 is 1.27 bits per heavy atom. The Labute approximate surface area is 162 Å². The zero-order chi connectivity index (χ0) is 19.5. The summed E-state index contributed by atoms with van der Waals surface area (Å²) < 4.78 is 27.1. The van der Waals surface area contributed by atoms with Crippen molar-refractivity contribution < 1.29 is 22.9 Å². The number of piperazine rings is 1. The molecule has 1 aliphatic rings. The van der Waals surface area contributed by atoms with Crippen LogP contribution in [-0.2, 0) is 14.8 Å². The minimum absolute atomic E-state index is 0.121. The highest BCUT2D eigenvalue weighted by atomic mass is 35.5. The van der Waals surface area contributed by atoms with Crippen molar-refractivity contribution in [2.24, 2.45) is 0 Å². The number of thiophene rings is 1. The summed E-state index contributed by atoms with van der Waals surface area (Å²) in [5.41, 5.74) is -0.429. The van der Waals surface area contributed by atoms with Crippen LogP contribution < -0.4 is 15.5 Å². The van der Waals surface area contributed by atoms with Crippen LogP contribution in [0.4, 0.5) is 4.79 Å². The maximum atomic E-state index is 12.5. The van der Waals surface area contributed by atoms with Crippen LogP contribution in [0.1, 0.15) is 20.8 Å². The molecule has 1 fully saturated rings. The largest absolute Gasteiger partial charge is 0.333 e. The number of rotatable bonds is 4. The molecule has 0 atom stereocenters. The minimum atomic E-state index is -3.54. The summed E-state index contributed by atoms with van der Waals surface area (Å²) >= 11 is 6.85. The predicted octanol–water partition coefficient (Wildman–Crippen LogP) is -0.0850. The molecular weight excluding hydrogens is 400 g/mol. The van der Waals surface area contributed by atoms with Gasteiger partial charge in [0.1, 0.15) is 4.21 Å². The first kappa shape index (κ1) is 21.1. The maximum absolute atomic E-state index is 12.5. The van der Waals surface area contributed by atoms with Gasteiger partial charge in [0, 0.05) is 5.54 Å². The zero-order valence-electron chi connectivity index (χ0n) is 15.0. The van der Waals surface area contributed by atoms with Crippen molar-refractivity contribution in [2.45, 2.75) is 30.5 Å². The maximum Gasteiger partial charge on any atom is 0.322 e. The fourth-order valence-electron chi connectivity index (χ4n) is 2.55. The average Bonchev–Trinajstić information content (AvgIpc) is 2.93. The summed E-state index contributed by atoms with van der Waals surface area (Å²) in [5, 5.41) is 4.96. The van der Waals surface area contributed by atoms with Crippen molar-refractivity contribution in [3.8, 4) is 0 Å². The van der Waals surface area contributed by atoms with Crippen molar-refractivity contribution in [1.82, 2.24) is 14.9 Å². The first-order valence-electron chi connectivity index (χ1n) is 8.18. The Bertz CT molecular complexity index is 765. The highest BCUT2D eigenvalue weighted by Crippen LogP contribution is 2.27. The summed E-state index contributed by atoms with van der Waals surface area (Å²) in [4.78, 5) is 24.6. The summed E-state index contributed by atoms with van der Waals surface area (Å²) in [6.45, 7) is 7.20. The summed E-state index contributed by atoms with van der Waals surface area (Å²) in [6, 6.07) is 2.54. The molecule has 8 nitrogen and oxygen atoms in total. The fraction of sp³-hybridized carbons (Fsp3) is 0.600. The van der Waals surface area contributed by atoms with Gasteiger partial charge in [-0.15, -0.1) is 11.3 Å². The van der Waals surface area contributed by atoms with Crippen LogP contribution in [0.25, 0.3) is 0 Å². The van der Waals surface area contributed by atoms with Crippen LogP contribution in [0, 0.1) is 0 Å². The third-order valence-corrected chi connectivity index (χ3v) is 7.32. The summed E-state index contributed by atoms with van der Waals surface area (Å²) in [7, 11) is -3.54. The van der Waals surface area contributed by atoms with E-state index >= 15 is 0 Å². The first-order chi connectivity index (χ1) is 12.0. The number of quaternary nitrogens is 1. The number of sulfonamides is 1. The van der Waals surface area contributed by atoms with Gasteiger partial charge in [-0.05, 0) is 32.9 Å². The van der Waals surface area contributed by atoms with Crippen LogP contribution in [-0.4, -0.2) is 62.9 Å². The normalized spacial score (nSPS) is 17.1. The van der Waals surface area contributed by atoms with E-state index < -0.39 is 21.6 Å². The van der Waals surface area contributed by atoms with Gasteiger partial charge in [-0.3, -0.25) is 10.1 Å². The van der Waals surface area contributed by atoms with Crippen molar-refractivity contribution >= 4 is 44.9 Å². The Balaban J connectivity index is 1.83. The molecule has 2 heterocycles. The van der Waals surface area contributed by atoms with E-state index in [0.29, 0.717) is 30.5 Å². The number of urea groups is 1. The number of amides is 3. The molecule has 3 amide bonds. The molecule has 146 valence electrons. The molecule has 1 aliphatic heterocycles. The van der Waals surface area contributed by atoms with Crippen LogP contribution >= 0.6 is 22.9 Å². The molecule has 11 heteroatoms. The van der Waals surface area contributed by atoms with E-state index in [2.05, 4.69) is 10.6 Å². The van der Waals surface area contributed by atoms with Crippen molar-refractivity contribution in [3.63, 3.8) is 0 Å². The predicted molar refractivity (Wildman–Crippen MR) is 100 cm³/mol. The van der Waals surface area contributed by atoms with Gasteiger partial charge in [-0.1, -0.05) is 11.6 Å². The number of carbonyl (C=O) groups is 2. The number of hydrogen-bond donors (Lipinski definition) is 3. The second-order valence-electron chi connectivity index (χ2n) is 7.14. The molecule has 1 aromatic rings. The molecule has 0 unspecified atom stereocenters. The zero-order valence-corrected chi connectivity index (χ0v) is 17.4. The van der Waals surface area contributed by atoms with E-state index in [-0.39, 0.29) is 16.7 Å². The quantitative estimate of drug-likeness (QED) is 0.630. The SMILES string of the molecule is CC(C)(C)NC(=O)NC(=O)C[NH+]1CCN(S(=O)(=O)c2ccc(Cl)s2)CC1. The van der Waals surface area contributed by atoms with Gasteiger partial charge in [0.2, 0.25) is 0 Å². The van der Waals surface area contributed by atoms with Crippen molar-refractivity contribution in [2.75, 3.05) is 32.7 Å². The lowest BCUT2D eigenvalue weighted by molar-refractivity contribution is -0.895. The minimum Gasteiger partial charge on any atom is -0.333 e. The van der Waals surface area contributed by atoms with E-state index in [1.807, 2.05) is 20.8 Å². The number of nitrogens with zero attached hydrogens (tertiary/aromatic N) is 1. The second-order valence-corrected chi connectivity index (χ2v) is 11.0. The lowest BCUT2D eigenvalue weighted by Crippen LogP contribution is -3.15. The van der Waals surface area contributed by atoms with Gasteiger partial charge in [-0.2, -0.15) is 4.31 Å². The summed E-state index contributed by atoms with van der Waals surface area (Å²) in [6.07, 6.45) is 0. The van der Waals surface area contributed by atoms with E-state index in [0.717, 1.165) is 16.2 Å². The Hall–Kier alpha value is -1.20. The molecule has 26 heavy (non-hydrogen) atoms. The van der Waals surface area contributed by atoms with Gasteiger partial charge in [0.25, 0.3) is 15.9 Å². The number of carbonyl (C=O) groups excluding carboxylic acids is 2. The van der Waals surface area contributed by atoms with E-state index in [4.69, 9.17) is 11.6 Å². The fourth-order valence-corrected chi connectivity index (χ4v) is 5.63. The van der Waals surface area contributed by atoms with Crippen molar-refractivity contribution in [3.05, 3.63) is 16.5 Å². The van der Waals surface area contributed by atoms with E-state index in [9.17, 15) is 18.0 Å². The van der Waals surface area contributed by atoms with E-state index in [1.165, 1.54) is 10.4 Å². The molecular formula is C15H24ClN4O4S2+. The van der Waals surface area contributed by atoms with Crippen LogP contribution in [0.2, 0.25) is 4.34 Å². The molecule has 0 spiro atoms. The smallest absolute Gasteiger partial charge is 0.322 e. The first-order valence-corrected chi connectivity index (χ1v) is 10.8. The van der Waals surface area contributed by atoms with Gasteiger partial charge in [0.15, 0.2) is 6.54 Å². The lowest BCUT2D eigenvalue weighted by atomic mass is 10.1. The monoisotopic (exact) mass is 423 g/mol. The van der Waals surface area contributed by atoms with Gasteiger partial charge in [0.05, 0.1) is 30.5 Å². The average molecular weight is 424 g/mol. The topological polar surface area (TPSA) is 100 Å². The highest BCUT2D eigenvalue weighted by molar-refractivity contribution is 7.91. The Morgan fingerprint density at radius 3 is 2.38 bits per heavy atom. The molecule has 1 aromatic heterocycles. The molecule has 3 N–H and O–H groups in total. The Morgan fingerprint density at radius 2 is 1.88 bits per heavy atom.